The number of para-hydroxylation sites is 1. The lowest BCUT2D eigenvalue weighted by atomic mass is 10.2. The first-order valence-corrected chi connectivity index (χ1v) is 11.2. The van der Waals surface area contributed by atoms with Gasteiger partial charge in [0.05, 0.1) is 24.8 Å². The molecule has 0 bridgehead atoms. The maximum absolute atomic E-state index is 12.2. The molecule has 2 aromatic carbocycles. The molecule has 0 aromatic heterocycles. The standard InChI is InChI=1S/C19H22BrN3O4S/c1-3-12-27-16-10-8-15(9-11-16)13-21-22-19(24)14-23(28(2,25)26)18-7-5-4-6-17(18)20/h4-11,13H,3,12,14H2,1-2H3,(H,22,24)/b21-13-. The summed E-state index contributed by atoms with van der Waals surface area (Å²) in [6, 6.07) is 14.0. The number of hydrogen-bond donors (Lipinski definition) is 1. The summed E-state index contributed by atoms with van der Waals surface area (Å²) in [5.74, 6) is 0.209. The van der Waals surface area contributed by atoms with E-state index in [1.807, 2.05) is 31.2 Å². The van der Waals surface area contributed by atoms with Gasteiger partial charge in [-0.1, -0.05) is 19.1 Å². The fraction of sp³-hybridized carbons (Fsp3) is 0.263. The molecule has 0 saturated heterocycles. The van der Waals surface area contributed by atoms with E-state index in [4.69, 9.17) is 4.74 Å². The molecule has 1 amide bonds. The average Bonchev–Trinajstić information content (AvgIpc) is 2.65. The van der Waals surface area contributed by atoms with Crippen LogP contribution in [-0.2, 0) is 14.8 Å². The maximum atomic E-state index is 12.2. The minimum absolute atomic E-state index is 0.381. The third-order valence-electron chi connectivity index (χ3n) is 3.56. The summed E-state index contributed by atoms with van der Waals surface area (Å²) < 4.78 is 31.3. The van der Waals surface area contributed by atoms with E-state index < -0.39 is 15.9 Å². The van der Waals surface area contributed by atoms with Gasteiger partial charge in [-0.05, 0) is 64.3 Å². The van der Waals surface area contributed by atoms with Crippen LogP contribution in [0.15, 0.2) is 58.1 Å². The molecule has 0 fully saturated rings. The molecule has 2 aromatic rings. The SMILES string of the molecule is CCCOc1ccc(/C=N\NC(=O)CN(c2ccccc2Br)S(C)(=O)=O)cc1. The number of rotatable bonds is 9. The molecule has 0 aliphatic rings. The lowest BCUT2D eigenvalue weighted by Crippen LogP contribution is -2.39. The number of halogens is 1. The lowest BCUT2D eigenvalue weighted by Gasteiger charge is -2.22. The number of nitrogens with one attached hydrogen (secondary N) is 1. The molecule has 28 heavy (non-hydrogen) atoms. The zero-order valence-corrected chi connectivity index (χ0v) is 18.0. The Morgan fingerprint density at radius 3 is 2.50 bits per heavy atom. The van der Waals surface area contributed by atoms with E-state index in [0.29, 0.717) is 16.8 Å². The van der Waals surface area contributed by atoms with Crippen LogP contribution < -0.4 is 14.5 Å². The van der Waals surface area contributed by atoms with Crippen molar-refractivity contribution in [3.63, 3.8) is 0 Å². The molecule has 7 nitrogen and oxygen atoms in total. The first-order chi connectivity index (χ1) is 13.3. The zero-order chi connectivity index (χ0) is 20.6. The minimum atomic E-state index is -3.65. The number of sulfonamides is 1. The Morgan fingerprint density at radius 2 is 1.89 bits per heavy atom. The highest BCUT2D eigenvalue weighted by Crippen LogP contribution is 2.27. The molecule has 0 unspecified atom stereocenters. The normalized spacial score (nSPS) is 11.4. The molecule has 0 spiro atoms. The van der Waals surface area contributed by atoms with Gasteiger partial charge in [-0.2, -0.15) is 5.10 Å². The number of carbonyl (C=O) groups is 1. The predicted octanol–water partition coefficient (Wildman–Crippen LogP) is 3.15. The summed E-state index contributed by atoms with van der Waals surface area (Å²) in [6.07, 6.45) is 3.45. The van der Waals surface area contributed by atoms with Gasteiger partial charge in [0.1, 0.15) is 12.3 Å². The number of hydrogen-bond acceptors (Lipinski definition) is 5. The van der Waals surface area contributed by atoms with Crippen LogP contribution in [0.25, 0.3) is 0 Å². The van der Waals surface area contributed by atoms with Crippen LogP contribution in [0.4, 0.5) is 5.69 Å². The van der Waals surface area contributed by atoms with Crippen LogP contribution >= 0.6 is 15.9 Å². The highest BCUT2D eigenvalue weighted by Gasteiger charge is 2.22. The van der Waals surface area contributed by atoms with Crippen LogP contribution in [-0.4, -0.2) is 39.9 Å². The number of benzene rings is 2. The minimum Gasteiger partial charge on any atom is -0.494 e. The van der Waals surface area contributed by atoms with Crippen molar-refractivity contribution in [3.8, 4) is 5.75 Å². The number of carbonyl (C=O) groups excluding carboxylic acids is 1. The summed E-state index contributed by atoms with van der Waals surface area (Å²) in [7, 11) is -3.65. The van der Waals surface area contributed by atoms with Crippen molar-refractivity contribution in [2.75, 3.05) is 23.7 Å². The van der Waals surface area contributed by atoms with Crippen LogP contribution in [0.2, 0.25) is 0 Å². The quantitative estimate of drug-likeness (QED) is 0.453. The van der Waals surface area contributed by atoms with E-state index in [9.17, 15) is 13.2 Å². The van der Waals surface area contributed by atoms with Crippen LogP contribution in [0.3, 0.4) is 0 Å². The van der Waals surface area contributed by atoms with Gasteiger partial charge in [-0.3, -0.25) is 9.10 Å². The molecule has 0 radical (unpaired) electrons. The molecule has 0 aliphatic carbocycles. The first kappa shape index (κ1) is 21.9. The molecule has 1 N–H and O–H groups in total. The smallest absolute Gasteiger partial charge is 0.260 e. The molecule has 0 aliphatic heterocycles. The van der Waals surface area contributed by atoms with Crippen molar-refractivity contribution in [3.05, 3.63) is 58.6 Å². The lowest BCUT2D eigenvalue weighted by molar-refractivity contribution is -0.119. The Bertz CT molecular complexity index is 930. The van der Waals surface area contributed by atoms with Gasteiger partial charge in [-0.25, -0.2) is 13.8 Å². The van der Waals surface area contributed by atoms with Crippen molar-refractivity contribution >= 4 is 43.8 Å². The molecule has 0 saturated carbocycles. The number of ether oxygens (including phenoxy) is 1. The molecule has 0 atom stereocenters. The van der Waals surface area contributed by atoms with Gasteiger partial charge in [0.2, 0.25) is 10.0 Å². The van der Waals surface area contributed by atoms with Crippen LogP contribution in [0.1, 0.15) is 18.9 Å². The third-order valence-corrected chi connectivity index (χ3v) is 5.36. The zero-order valence-electron chi connectivity index (χ0n) is 15.6. The second-order valence-corrected chi connectivity index (χ2v) is 8.69. The highest BCUT2D eigenvalue weighted by molar-refractivity contribution is 9.10. The first-order valence-electron chi connectivity index (χ1n) is 8.58. The Morgan fingerprint density at radius 1 is 1.21 bits per heavy atom. The summed E-state index contributed by atoms with van der Waals surface area (Å²) in [5, 5.41) is 3.89. The number of nitrogens with zero attached hydrogens (tertiary/aromatic N) is 2. The fourth-order valence-electron chi connectivity index (χ4n) is 2.25. The predicted molar refractivity (Wildman–Crippen MR) is 114 cm³/mol. The van der Waals surface area contributed by atoms with E-state index >= 15 is 0 Å². The van der Waals surface area contributed by atoms with Crippen molar-refractivity contribution in [1.82, 2.24) is 5.43 Å². The van der Waals surface area contributed by atoms with Crippen molar-refractivity contribution in [2.45, 2.75) is 13.3 Å². The molecule has 0 heterocycles. The Kier molecular flexibility index (Phi) is 8.01. The van der Waals surface area contributed by atoms with Crippen molar-refractivity contribution < 1.29 is 17.9 Å². The number of anilines is 1. The molecule has 2 rings (SSSR count). The van der Waals surface area contributed by atoms with Crippen molar-refractivity contribution in [2.24, 2.45) is 5.10 Å². The summed E-state index contributed by atoms with van der Waals surface area (Å²) in [6.45, 7) is 2.30. The summed E-state index contributed by atoms with van der Waals surface area (Å²) in [5.41, 5.74) is 3.50. The number of amides is 1. The molecule has 9 heteroatoms. The van der Waals surface area contributed by atoms with Crippen LogP contribution in [0, 0.1) is 0 Å². The van der Waals surface area contributed by atoms with Crippen LogP contribution in [0.5, 0.6) is 5.75 Å². The summed E-state index contributed by atoms with van der Waals surface area (Å²) in [4.78, 5) is 12.2. The molecular weight excluding hydrogens is 446 g/mol. The molecule has 150 valence electrons. The summed E-state index contributed by atoms with van der Waals surface area (Å²) >= 11 is 3.31. The van der Waals surface area contributed by atoms with Gasteiger partial charge in [0.25, 0.3) is 5.91 Å². The van der Waals surface area contributed by atoms with Crippen molar-refractivity contribution in [1.29, 1.82) is 0 Å². The second-order valence-electron chi connectivity index (χ2n) is 5.93. The van der Waals surface area contributed by atoms with E-state index in [-0.39, 0.29) is 6.54 Å². The Labute approximate surface area is 173 Å². The Hall–Kier alpha value is -2.39. The van der Waals surface area contributed by atoms with E-state index in [0.717, 1.165) is 28.3 Å². The topological polar surface area (TPSA) is 88.1 Å². The van der Waals surface area contributed by atoms with Gasteiger partial charge in [0, 0.05) is 4.47 Å². The number of hydrazone groups is 1. The highest BCUT2D eigenvalue weighted by atomic mass is 79.9. The molecular formula is C19H22BrN3O4S. The third kappa shape index (κ3) is 6.65. The fourth-order valence-corrected chi connectivity index (χ4v) is 3.73. The van der Waals surface area contributed by atoms with Gasteiger partial charge >= 0.3 is 0 Å². The van der Waals surface area contributed by atoms with Gasteiger partial charge in [-0.15, -0.1) is 0 Å². The van der Waals surface area contributed by atoms with Gasteiger partial charge in [0.15, 0.2) is 0 Å². The Balaban J connectivity index is 1.99. The average molecular weight is 468 g/mol. The maximum Gasteiger partial charge on any atom is 0.260 e. The van der Waals surface area contributed by atoms with E-state index in [1.165, 1.54) is 6.21 Å². The second kappa shape index (κ2) is 10.2. The van der Waals surface area contributed by atoms with Gasteiger partial charge < -0.3 is 4.74 Å². The largest absolute Gasteiger partial charge is 0.494 e. The van der Waals surface area contributed by atoms with E-state index in [1.54, 1.807) is 24.3 Å². The van der Waals surface area contributed by atoms with E-state index in [2.05, 4.69) is 26.5 Å². The monoisotopic (exact) mass is 467 g/mol.